The fraction of sp³-hybridized carbons (Fsp3) is 0.0833. The van der Waals surface area contributed by atoms with E-state index in [0.29, 0.717) is 4.90 Å². The Morgan fingerprint density at radius 1 is 1.28 bits per heavy atom. The van der Waals surface area contributed by atoms with Crippen LogP contribution in [0.3, 0.4) is 0 Å². The third-order valence-electron chi connectivity index (χ3n) is 2.36. The third-order valence-corrected chi connectivity index (χ3v) is 2.36. The molecule has 18 heavy (non-hydrogen) atoms. The Hall–Kier alpha value is -2.63. The lowest BCUT2D eigenvalue weighted by Crippen LogP contribution is -2.41. The second-order valence-electron chi connectivity index (χ2n) is 3.66. The topological polar surface area (TPSA) is 89.5 Å². The van der Waals surface area contributed by atoms with Crippen molar-refractivity contribution >= 4 is 24.0 Å². The highest BCUT2D eigenvalue weighted by molar-refractivity contribution is 6.15. The van der Waals surface area contributed by atoms with Crippen molar-refractivity contribution in [1.82, 2.24) is 10.2 Å². The van der Waals surface area contributed by atoms with Crippen LogP contribution in [0.4, 0.5) is 4.79 Å². The first-order chi connectivity index (χ1) is 8.58. The number of carboxylic acids is 1. The monoisotopic (exact) mass is 245 g/mol. The van der Waals surface area contributed by atoms with Gasteiger partial charge in [-0.2, -0.15) is 0 Å². The van der Waals surface area contributed by atoms with Crippen LogP contribution in [0.5, 0.6) is 0 Å². The predicted octanol–water partition coefficient (Wildman–Crippen LogP) is -0.671. The molecule has 0 bridgehead atoms. The lowest BCUT2D eigenvalue weighted by atomic mass is 10.2. The predicted molar refractivity (Wildman–Crippen MR) is 59.7 cm³/mol. The van der Waals surface area contributed by atoms with E-state index in [0.717, 1.165) is 5.56 Å². The summed E-state index contributed by atoms with van der Waals surface area (Å²) in [6.07, 6.45) is 1.48. The van der Waals surface area contributed by atoms with E-state index in [-0.39, 0.29) is 5.70 Å². The maximum Gasteiger partial charge on any atom is 0.329 e. The summed E-state index contributed by atoms with van der Waals surface area (Å²) in [4.78, 5) is 34.1. The molecule has 1 fully saturated rings. The highest BCUT2D eigenvalue weighted by atomic mass is 16.4. The molecule has 0 atom stereocenters. The van der Waals surface area contributed by atoms with E-state index in [9.17, 15) is 19.5 Å². The molecule has 0 spiro atoms. The van der Waals surface area contributed by atoms with Crippen molar-refractivity contribution in [2.45, 2.75) is 0 Å². The first-order valence-corrected chi connectivity index (χ1v) is 5.17. The van der Waals surface area contributed by atoms with Gasteiger partial charge in [-0.15, -0.1) is 0 Å². The van der Waals surface area contributed by atoms with Crippen LogP contribution < -0.4 is 10.4 Å². The van der Waals surface area contributed by atoms with Crippen molar-refractivity contribution in [2.75, 3.05) is 6.54 Å². The van der Waals surface area contributed by atoms with Crippen LogP contribution >= 0.6 is 0 Å². The maximum atomic E-state index is 11.7. The Bertz CT molecular complexity index is 536. The molecule has 92 valence electrons. The van der Waals surface area contributed by atoms with Crippen molar-refractivity contribution in [3.63, 3.8) is 0 Å². The number of urea groups is 1. The largest absolute Gasteiger partial charge is 0.548 e. The summed E-state index contributed by atoms with van der Waals surface area (Å²) in [7, 11) is 0. The molecule has 6 nitrogen and oxygen atoms in total. The van der Waals surface area contributed by atoms with Gasteiger partial charge in [-0.1, -0.05) is 30.3 Å². The maximum absolute atomic E-state index is 11.7. The number of aliphatic carboxylic acids is 1. The molecule has 0 aromatic heterocycles. The molecular weight excluding hydrogens is 236 g/mol. The number of carbonyl (C=O) groups is 3. The van der Waals surface area contributed by atoms with Gasteiger partial charge in [0, 0.05) is 0 Å². The van der Waals surface area contributed by atoms with Gasteiger partial charge in [0.2, 0.25) is 0 Å². The fourth-order valence-corrected chi connectivity index (χ4v) is 1.56. The van der Waals surface area contributed by atoms with Crippen LogP contribution in [-0.2, 0) is 9.59 Å². The van der Waals surface area contributed by atoms with Crippen molar-refractivity contribution < 1.29 is 19.5 Å². The number of hydrogen-bond donors (Lipinski definition) is 1. The molecular formula is C12H9N2O4-. The minimum absolute atomic E-state index is 0.0486. The summed E-state index contributed by atoms with van der Waals surface area (Å²) < 4.78 is 0. The average Bonchev–Trinajstić information content (AvgIpc) is 2.58. The number of carboxylic acid groups (broad SMARTS) is 1. The van der Waals surface area contributed by atoms with E-state index < -0.39 is 24.5 Å². The Morgan fingerprint density at radius 3 is 2.56 bits per heavy atom. The molecule has 1 aliphatic heterocycles. The first-order valence-electron chi connectivity index (χ1n) is 5.17. The number of rotatable bonds is 3. The van der Waals surface area contributed by atoms with Gasteiger partial charge in [0.1, 0.15) is 5.70 Å². The van der Waals surface area contributed by atoms with Crippen LogP contribution in [0.15, 0.2) is 36.0 Å². The van der Waals surface area contributed by atoms with Crippen LogP contribution in [0.1, 0.15) is 5.56 Å². The standard InChI is InChI=1S/C12H10N2O4/c15-10(16)7-14-11(17)9(13-12(14)18)6-8-4-2-1-3-5-8/h1-6H,7H2,(H,13,18)(H,15,16)/p-1/b9-6+. The van der Waals surface area contributed by atoms with Gasteiger partial charge in [-0.25, -0.2) is 4.79 Å². The molecule has 6 heteroatoms. The van der Waals surface area contributed by atoms with Gasteiger partial charge < -0.3 is 15.2 Å². The molecule has 0 radical (unpaired) electrons. The van der Waals surface area contributed by atoms with Gasteiger partial charge in [0.15, 0.2) is 0 Å². The van der Waals surface area contributed by atoms with Crippen molar-refractivity contribution in [1.29, 1.82) is 0 Å². The number of hydrogen-bond acceptors (Lipinski definition) is 4. The molecule has 2 rings (SSSR count). The van der Waals surface area contributed by atoms with E-state index in [1.54, 1.807) is 24.3 Å². The third kappa shape index (κ3) is 2.37. The lowest BCUT2D eigenvalue weighted by Gasteiger charge is -2.11. The lowest BCUT2D eigenvalue weighted by molar-refractivity contribution is -0.305. The Balaban J connectivity index is 2.23. The second-order valence-corrected chi connectivity index (χ2v) is 3.66. The van der Waals surface area contributed by atoms with Gasteiger partial charge in [-0.3, -0.25) is 9.69 Å². The minimum Gasteiger partial charge on any atom is -0.548 e. The Kier molecular flexibility index (Phi) is 3.09. The zero-order valence-electron chi connectivity index (χ0n) is 9.25. The summed E-state index contributed by atoms with van der Waals surface area (Å²) in [5.74, 6) is -2.16. The summed E-state index contributed by atoms with van der Waals surface area (Å²) in [6, 6.07) is 8.15. The second kappa shape index (κ2) is 4.70. The van der Waals surface area contributed by atoms with E-state index in [2.05, 4.69) is 5.32 Å². The SMILES string of the molecule is O=C([O-])CN1C(=O)N/C(=C/c2ccccc2)C1=O. The van der Waals surface area contributed by atoms with E-state index in [4.69, 9.17) is 0 Å². The minimum atomic E-state index is -1.49. The molecule has 1 N–H and O–H groups in total. The van der Waals surface area contributed by atoms with Crippen LogP contribution in [0.2, 0.25) is 0 Å². The number of nitrogens with zero attached hydrogens (tertiary/aromatic N) is 1. The molecule has 0 aliphatic carbocycles. The molecule has 1 saturated heterocycles. The summed E-state index contributed by atoms with van der Waals surface area (Å²) in [5, 5.41) is 12.7. The molecule has 1 aromatic carbocycles. The average molecular weight is 245 g/mol. The molecule has 0 saturated carbocycles. The fourth-order valence-electron chi connectivity index (χ4n) is 1.56. The zero-order valence-corrected chi connectivity index (χ0v) is 9.25. The molecule has 0 unspecified atom stereocenters. The van der Waals surface area contributed by atoms with Crippen molar-refractivity contribution in [3.05, 3.63) is 41.6 Å². The normalized spacial score (nSPS) is 17.1. The van der Waals surface area contributed by atoms with Crippen LogP contribution in [-0.4, -0.2) is 29.4 Å². The summed E-state index contributed by atoms with van der Waals surface area (Å²) in [5.41, 5.74) is 0.781. The number of carbonyl (C=O) groups excluding carboxylic acids is 3. The van der Waals surface area contributed by atoms with Crippen LogP contribution in [0.25, 0.3) is 6.08 Å². The highest BCUT2D eigenvalue weighted by Crippen LogP contribution is 2.13. The summed E-state index contributed by atoms with van der Waals surface area (Å²) >= 11 is 0. The van der Waals surface area contributed by atoms with Gasteiger partial charge >= 0.3 is 6.03 Å². The number of amides is 3. The first kappa shape index (κ1) is 11.8. The molecule has 1 aliphatic rings. The van der Waals surface area contributed by atoms with Crippen molar-refractivity contribution in [2.24, 2.45) is 0 Å². The van der Waals surface area contributed by atoms with E-state index >= 15 is 0 Å². The zero-order chi connectivity index (χ0) is 13.1. The molecule has 1 aromatic rings. The van der Waals surface area contributed by atoms with Gasteiger partial charge in [-0.05, 0) is 11.6 Å². The smallest absolute Gasteiger partial charge is 0.329 e. The number of benzene rings is 1. The quantitative estimate of drug-likeness (QED) is 0.565. The number of nitrogens with one attached hydrogen (secondary N) is 1. The highest BCUT2D eigenvalue weighted by Gasteiger charge is 2.33. The van der Waals surface area contributed by atoms with Crippen LogP contribution in [0, 0.1) is 0 Å². The van der Waals surface area contributed by atoms with Crippen molar-refractivity contribution in [3.8, 4) is 0 Å². The van der Waals surface area contributed by atoms with Gasteiger partial charge in [0.05, 0.1) is 12.5 Å². The van der Waals surface area contributed by atoms with E-state index in [1.807, 2.05) is 6.07 Å². The molecule has 1 heterocycles. The summed E-state index contributed by atoms with van der Waals surface area (Å²) in [6.45, 7) is -0.753. The van der Waals surface area contributed by atoms with E-state index in [1.165, 1.54) is 6.08 Å². The number of imide groups is 1. The molecule has 3 amide bonds. The Labute approximate surface area is 103 Å². The van der Waals surface area contributed by atoms with Gasteiger partial charge in [0.25, 0.3) is 5.91 Å². The Morgan fingerprint density at radius 2 is 1.94 bits per heavy atom.